The molecule has 0 fully saturated rings. The van der Waals surface area contributed by atoms with Gasteiger partial charge in [-0.2, -0.15) is 0 Å². The molecule has 1 aromatic heterocycles. The van der Waals surface area contributed by atoms with Crippen molar-refractivity contribution >= 4 is 10.0 Å². The first kappa shape index (κ1) is 14.5. The monoisotopic (exact) mass is 292 g/mol. The molecule has 0 saturated heterocycles. The molecule has 1 N–H and O–H groups in total. The number of nitrogens with zero attached hydrogens (tertiary/aromatic N) is 1. The van der Waals surface area contributed by atoms with Crippen molar-refractivity contribution in [1.29, 1.82) is 0 Å². The molecule has 20 heavy (non-hydrogen) atoms. The molecule has 5 nitrogen and oxygen atoms in total. The number of pyridine rings is 1. The average Bonchev–Trinajstić information content (AvgIpc) is 2.40. The fraction of sp³-hybridized carbons (Fsp3) is 0.214. The molecule has 0 aliphatic rings. The quantitative estimate of drug-likeness (QED) is 0.920. The first-order valence-corrected chi connectivity index (χ1v) is 7.59. The predicted molar refractivity (Wildman–Crippen MR) is 76.9 cm³/mol. The van der Waals surface area contributed by atoms with Gasteiger partial charge in [-0.1, -0.05) is 18.2 Å². The molecule has 2 rings (SSSR count). The van der Waals surface area contributed by atoms with Crippen LogP contribution in [0, 0.1) is 6.92 Å². The van der Waals surface area contributed by atoms with E-state index in [9.17, 15) is 13.2 Å². The van der Waals surface area contributed by atoms with Gasteiger partial charge in [0.15, 0.2) is 0 Å². The van der Waals surface area contributed by atoms with Crippen molar-refractivity contribution in [2.45, 2.75) is 18.4 Å². The highest BCUT2D eigenvalue weighted by Gasteiger charge is 2.13. The average molecular weight is 292 g/mol. The zero-order valence-corrected chi connectivity index (χ0v) is 12.1. The van der Waals surface area contributed by atoms with Gasteiger partial charge >= 0.3 is 0 Å². The first-order chi connectivity index (χ1) is 9.38. The summed E-state index contributed by atoms with van der Waals surface area (Å²) in [6, 6.07) is 9.73. The van der Waals surface area contributed by atoms with Crippen LogP contribution in [0.3, 0.4) is 0 Å². The Balaban J connectivity index is 2.17. The Morgan fingerprint density at radius 2 is 1.95 bits per heavy atom. The molecular weight excluding hydrogens is 276 g/mol. The summed E-state index contributed by atoms with van der Waals surface area (Å²) in [7, 11) is -1.92. The molecule has 0 atom stereocenters. The summed E-state index contributed by atoms with van der Waals surface area (Å²) in [5.74, 6) is 0. The van der Waals surface area contributed by atoms with Crippen LogP contribution in [0.25, 0.3) is 0 Å². The third-order valence-corrected chi connectivity index (χ3v) is 4.31. The first-order valence-electron chi connectivity index (χ1n) is 6.10. The predicted octanol–water partition coefficient (Wildman–Crippen LogP) is 1.17. The molecular formula is C14H16N2O3S. The van der Waals surface area contributed by atoms with Gasteiger partial charge in [0.1, 0.15) is 0 Å². The van der Waals surface area contributed by atoms with Crippen molar-refractivity contribution in [2.24, 2.45) is 7.05 Å². The fourth-order valence-electron chi connectivity index (χ4n) is 1.80. The van der Waals surface area contributed by atoms with Crippen LogP contribution in [0.4, 0.5) is 0 Å². The third kappa shape index (κ3) is 3.34. The maximum atomic E-state index is 12.1. The van der Waals surface area contributed by atoms with E-state index in [0.29, 0.717) is 0 Å². The van der Waals surface area contributed by atoms with Crippen LogP contribution >= 0.6 is 0 Å². The summed E-state index contributed by atoms with van der Waals surface area (Å²) in [6.07, 6.45) is 1.61. The van der Waals surface area contributed by atoms with Crippen molar-refractivity contribution in [1.82, 2.24) is 9.29 Å². The Morgan fingerprint density at radius 3 is 2.60 bits per heavy atom. The minimum absolute atomic E-state index is 0.129. The lowest BCUT2D eigenvalue weighted by Crippen LogP contribution is -2.24. The lowest BCUT2D eigenvalue weighted by molar-refractivity contribution is 0.581. The largest absolute Gasteiger partial charge is 0.318 e. The standard InChI is InChI=1S/C14H16N2O3S/c1-11-4-3-5-13(8-11)20(18,19)15-9-12-6-7-14(17)16(2)10-12/h3-8,10,15H,9H2,1-2H3. The Hall–Kier alpha value is -1.92. The second-order valence-electron chi connectivity index (χ2n) is 4.63. The molecule has 0 spiro atoms. The summed E-state index contributed by atoms with van der Waals surface area (Å²) in [5, 5.41) is 0. The van der Waals surface area contributed by atoms with E-state index in [4.69, 9.17) is 0 Å². The van der Waals surface area contributed by atoms with Crippen molar-refractivity contribution in [2.75, 3.05) is 0 Å². The van der Waals surface area contributed by atoms with Gasteiger partial charge < -0.3 is 4.57 Å². The molecule has 0 saturated carbocycles. The molecule has 1 aromatic carbocycles. The molecule has 0 unspecified atom stereocenters. The Morgan fingerprint density at radius 1 is 1.20 bits per heavy atom. The summed E-state index contributed by atoms with van der Waals surface area (Å²) < 4.78 is 28.2. The maximum absolute atomic E-state index is 12.1. The number of benzene rings is 1. The van der Waals surface area contributed by atoms with Crippen molar-refractivity contribution < 1.29 is 8.42 Å². The SMILES string of the molecule is Cc1cccc(S(=O)(=O)NCc2ccc(=O)n(C)c2)c1. The van der Waals surface area contributed by atoms with Crippen LogP contribution in [0.2, 0.25) is 0 Å². The molecule has 1 heterocycles. The molecule has 0 amide bonds. The minimum atomic E-state index is -3.54. The van der Waals surface area contributed by atoms with E-state index >= 15 is 0 Å². The van der Waals surface area contributed by atoms with Crippen LogP contribution in [-0.2, 0) is 23.6 Å². The fourth-order valence-corrected chi connectivity index (χ4v) is 2.92. The van der Waals surface area contributed by atoms with Crippen LogP contribution in [0.15, 0.2) is 52.3 Å². The number of nitrogens with one attached hydrogen (secondary N) is 1. The van der Waals surface area contributed by atoms with E-state index in [0.717, 1.165) is 11.1 Å². The van der Waals surface area contributed by atoms with E-state index in [1.807, 2.05) is 13.0 Å². The zero-order chi connectivity index (χ0) is 14.8. The van der Waals surface area contributed by atoms with Gasteiger partial charge in [0.25, 0.3) is 0 Å². The van der Waals surface area contributed by atoms with Crippen LogP contribution in [0.5, 0.6) is 0 Å². The van der Waals surface area contributed by atoms with Gasteiger partial charge in [-0.3, -0.25) is 4.79 Å². The van der Waals surface area contributed by atoms with E-state index in [1.54, 1.807) is 37.5 Å². The molecule has 0 radical (unpaired) electrons. The molecule has 0 bridgehead atoms. The highest BCUT2D eigenvalue weighted by molar-refractivity contribution is 7.89. The van der Waals surface area contributed by atoms with Crippen molar-refractivity contribution in [3.05, 3.63) is 64.1 Å². The van der Waals surface area contributed by atoms with Gasteiger partial charge in [-0.05, 0) is 30.2 Å². The number of hydrogen-bond donors (Lipinski definition) is 1. The molecule has 106 valence electrons. The van der Waals surface area contributed by atoms with Crippen molar-refractivity contribution in [3.63, 3.8) is 0 Å². The molecule has 2 aromatic rings. The van der Waals surface area contributed by atoms with Crippen LogP contribution in [-0.4, -0.2) is 13.0 Å². The summed E-state index contributed by atoms with van der Waals surface area (Å²) >= 11 is 0. The van der Waals surface area contributed by atoms with E-state index in [-0.39, 0.29) is 17.0 Å². The van der Waals surface area contributed by atoms with Gasteiger partial charge in [-0.25, -0.2) is 13.1 Å². The second-order valence-corrected chi connectivity index (χ2v) is 6.39. The molecule has 6 heteroatoms. The number of sulfonamides is 1. The second kappa shape index (κ2) is 5.60. The maximum Gasteiger partial charge on any atom is 0.250 e. The molecule has 0 aliphatic heterocycles. The summed E-state index contributed by atoms with van der Waals surface area (Å²) in [4.78, 5) is 11.5. The minimum Gasteiger partial charge on any atom is -0.318 e. The zero-order valence-electron chi connectivity index (χ0n) is 11.3. The smallest absolute Gasteiger partial charge is 0.250 e. The topological polar surface area (TPSA) is 68.2 Å². The van der Waals surface area contributed by atoms with E-state index in [2.05, 4.69) is 4.72 Å². The van der Waals surface area contributed by atoms with Gasteiger partial charge in [0, 0.05) is 25.9 Å². The van der Waals surface area contributed by atoms with Gasteiger partial charge in [-0.15, -0.1) is 0 Å². The van der Waals surface area contributed by atoms with E-state index < -0.39 is 10.0 Å². The van der Waals surface area contributed by atoms with Crippen LogP contribution < -0.4 is 10.3 Å². The number of aromatic nitrogens is 1. The lowest BCUT2D eigenvalue weighted by atomic mass is 10.2. The number of rotatable bonds is 4. The lowest BCUT2D eigenvalue weighted by Gasteiger charge is -2.08. The highest BCUT2D eigenvalue weighted by Crippen LogP contribution is 2.11. The van der Waals surface area contributed by atoms with E-state index in [1.165, 1.54) is 10.6 Å². The summed E-state index contributed by atoms with van der Waals surface area (Å²) in [6.45, 7) is 1.98. The summed E-state index contributed by atoms with van der Waals surface area (Å²) in [5.41, 5.74) is 1.48. The Bertz CT molecular complexity index is 779. The Kier molecular flexibility index (Phi) is 4.06. The molecule has 0 aliphatic carbocycles. The van der Waals surface area contributed by atoms with Gasteiger partial charge in [0.2, 0.25) is 15.6 Å². The number of aryl methyl sites for hydroxylation is 2. The normalized spacial score (nSPS) is 11.5. The third-order valence-electron chi connectivity index (χ3n) is 2.91. The van der Waals surface area contributed by atoms with Gasteiger partial charge in [0.05, 0.1) is 4.90 Å². The van der Waals surface area contributed by atoms with Crippen LogP contribution in [0.1, 0.15) is 11.1 Å². The van der Waals surface area contributed by atoms with Crippen molar-refractivity contribution in [3.8, 4) is 0 Å². The highest BCUT2D eigenvalue weighted by atomic mass is 32.2. The number of hydrogen-bond acceptors (Lipinski definition) is 3. The Labute approximate surface area is 117 Å².